The maximum atomic E-state index is 12.2. The standard InChI is InChI=1S/C13H17ClN2O4/c1-15(7-3-2-4-8-17)13(18)11-9-10(14)5-6-12(11)16(19)20/h5-6,9,17H,2-4,7-8H2,1H3. The number of aliphatic hydroxyl groups excluding tert-OH is 1. The number of nitro groups is 1. The Balaban J connectivity index is 2.80. The topological polar surface area (TPSA) is 83.7 Å². The number of hydrogen-bond acceptors (Lipinski definition) is 4. The fourth-order valence-corrected chi connectivity index (χ4v) is 1.96. The van der Waals surface area contributed by atoms with E-state index in [0.717, 1.165) is 12.8 Å². The molecule has 0 saturated heterocycles. The normalized spacial score (nSPS) is 10.3. The minimum absolute atomic E-state index is 0.00726. The molecule has 0 aliphatic heterocycles. The van der Waals surface area contributed by atoms with Crippen LogP contribution in [0.5, 0.6) is 0 Å². The smallest absolute Gasteiger partial charge is 0.282 e. The van der Waals surface area contributed by atoms with Crippen molar-refractivity contribution in [1.29, 1.82) is 0 Å². The van der Waals surface area contributed by atoms with E-state index in [9.17, 15) is 14.9 Å². The van der Waals surface area contributed by atoms with Gasteiger partial charge in [0.15, 0.2) is 0 Å². The Labute approximate surface area is 122 Å². The number of nitro benzene ring substituents is 1. The second-order valence-electron chi connectivity index (χ2n) is 4.43. The summed E-state index contributed by atoms with van der Waals surface area (Å²) in [6.45, 7) is 0.597. The van der Waals surface area contributed by atoms with Crippen LogP contribution in [0.4, 0.5) is 5.69 Å². The van der Waals surface area contributed by atoms with Crippen LogP contribution in [-0.2, 0) is 0 Å². The van der Waals surface area contributed by atoms with Crippen LogP contribution in [0.15, 0.2) is 18.2 Å². The Kier molecular flexibility index (Phi) is 6.41. The summed E-state index contributed by atoms with van der Waals surface area (Å²) in [5, 5.41) is 19.9. The molecule has 0 aliphatic rings. The van der Waals surface area contributed by atoms with Gasteiger partial charge in [-0.3, -0.25) is 14.9 Å². The minimum Gasteiger partial charge on any atom is -0.396 e. The molecule has 20 heavy (non-hydrogen) atoms. The van der Waals surface area contributed by atoms with E-state index in [0.29, 0.717) is 13.0 Å². The summed E-state index contributed by atoms with van der Waals surface area (Å²) in [6.07, 6.45) is 2.21. The Hall–Kier alpha value is -1.66. The van der Waals surface area contributed by atoms with Gasteiger partial charge in [0, 0.05) is 31.3 Å². The number of unbranched alkanes of at least 4 members (excludes halogenated alkanes) is 2. The molecule has 0 atom stereocenters. The average molecular weight is 301 g/mol. The van der Waals surface area contributed by atoms with Crippen molar-refractivity contribution >= 4 is 23.2 Å². The van der Waals surface area contributed by atoms with Crippen molar-refractivity contribution in [2.45, 2.75) is 19.3 Å². The predicted octanol–water partition coefficient (Wildman–Crippen LogP) is 2.48. The number of benzene rings is 1. The summed E-state index contributed by atoms with van der Waals surface area (Å²) in [7, 11) is 1.59. The maximum Gasteiger partial charge on any atom is 0.282 e. The molecular formula is C13H17ClN2O4. The van der Waals surface area contributed by atoms with Crippen molar-refractivity contribution < 1.29 is 14.8 Å². The van der Waals surface area contributed by atoms with Crippen LogP contribution in [-0.4, -0.2) is 41.0 Å². The van der Waals surface area contributed by atoms with Crippen LogP contribution in [0, 0.1) is 10.1 Å². The Morgan fingerprint density at radius 2 is 2.10 bits per heavy atom. The van der Waals surface area contributed by atoms with Crippen molar-refractivity contribution in [1.82, 2.24) is 4.90 Å². The van der Waals surface area contributed by atoms with Gasteiger partial charge in [0.05, 0.1) is 4.92 Å². The van der Waals surface area contributed by atoms with Crippen molar-refractivity contribution in [2.75, 3.05) is 20.2 Å². The lowest BCUT2D eigenvalue weighted by molar-refractivity contribution is -0.385. The Morgan fingerprint density at radius 1 is 1.40 bits per heavy atom. The van der Waals surface area contributed by atoms with Gasteiger partial charge in [0.25, 0.3) is 11.6 Å². The van der Waals surface area contributed by atoms with E-state index < -0.39 is 10.8 Å². The lowest BCUT2D eigenvalue weighted by Crippen LogP contribution is -2.28. The van der Waals surface area contributed by atoms with Gasteiger partial charge in [-0.25, -0.2) is 0 Å². The molecular weight excluding hydrogens is 284 g/mol. The third-order valence-corrected chi connectivity index (χ3v) is 3.12. The fourth-order valence-electron chi connectivity index (χ4n) is 1.78. The van der Waals surface area contributed by atoms with Crippen LogP contribution < -0.4 is 0 Å². The van der Waals surface area contributed by atoms with Crippen molar-refractivity contribution in [3.8, 4) is 0 Å². The molecule has 0 radical (unpaired) electrons. The molecule has 110 valence electrons. The van der Waals surface area contributed by atoms with Crippen molar-refractivity contribution in [3.05, 3.63) is 38.9 Å². The van der Waals surface area contributed by atoms with Crippen LogP contribution in [0.3, 0.4) is 0 Å². The van der Waals surface area contributed by atoms with E-state index in [-0.39, 0.29) is 22.9 Å². The summed E-state index contributed by atoms with van der Waals surface area (Å²) in [5.74, 6) is -0.428. The lowest BCUT2D eigenvalue weighted by Gasteiger charge is -2.17. The second-order valence-corrected chi connectivity index (χ2v) is 4.87. The lowest BCUT2D eigenvalue weighted by atomic mass is 10.1. The van der Waals surface area contributed by atoms with E-state index in [4.69, 9.17) is 16.7 Å². The van der Waals surface area contributed by atoms with E-state index in [1.54, 1.807) is 7.05 Å². The minimum atomic E-state index is -0.594. The molecule has 0 aromatic heterocycles. The molecule has 0 heterocycles. The highest BCUT2D eigenvalue weighted by molar-refractivity contribution is 6.31. The van der Waals surface area contributed by atoms with Gasteiger partial charge in [-0.1, -0.05) is 11.6 Å². The van der Waals surface area contributed by atoms with Gasteiger partial charge in [-0.2, -0.15) is 0 Å². The maximum absolute atomic E-state index is 12.2. The quantitative estimate of drug-likeness (QED) is 0.476. The molecule has 1 rings (SSSR count). The summed E-state index contributed by atoms with van der Waals surface area (Å²) >= 11 is 5.79. The van der Waals surface area contributed by atoms with Gasteiger partial charge in [-0.05, 0) is 31.4 Å². The molecule has 0 saturated carbocycles. The van der Waals surface area contributed by atoms with E-state index in [1.807, 2.05) is 0 Å². The van der Waals surface area contributed by atoms with Crippen LogP contribution in [0.1, 0.15) is 29.6 Å². The highest BCUT2D eigenvalue weighted by Gasteiger charge is 2.22. The van der Waals surface area contributed by atoms with Crippen molar-refractivity contribution in [2.24, 2.45) is 0 Å². The van der Waals surface area contributed by atoms with Gasteiger partial charge in [-0.15, -0.1) is 0 Å². The third kappa shape index (κ3) is 4.47. The molecule has 0 bridgehead atoms. The van der Waals surface area contributed by atoms with Gasteiger partial charge in [0.1, 0.15) is 5.56 Å². The monoisotopic (exact) mass is 300 g/mol. The SMILES string of the molecule is CN(CCCCCO)C(=O)c1cc(Cl)ccc1[N+](=O)[O-]. The molecule has 0 aliphatic carbocycles. The van der Waals surface area contributed by atoms with Gasteiger partial charge < -0.3 is 10.0 Å². The average Bonchev–Trinajstić information content (AvgIpc) is 2.42. The van der Waals surface area contributed by atoms with Gasteiger partial charge >= 0.3 is 0 Å². The summed E-state index contributed by atoms with van der Waals surface area (Å²) in [4.78, 5) is 24.0. The number of halogens is 1. The molecule has 0 fully saturated rings. The first-order chi connectivity index (χ1) is 9.47. The molecule has 1 aromatic carbocycles. The van der Waals surface area contributed by atoms with Gasteiger partial charge in [0.2, 0.25) is 0 Å². The number of amides is 1. The molecule has 0 unspecified atom stereocenters. The zero-order chi connectivity index (χ0) is 15.1. The van der Waals surface area contributed by atoms with E-state index in [1.165, 1.54) is 23.1 Å². The largest absolute Gasteiger partial charge is 0.396 e. The predicted molar refractivity (Wildman–Crippen MR) is 76.0 cm³/mol. The molecule has 6 nitrogen and oxygen atoms in total. The molecule has 0 spiro atoms. The summed E-state index contributed by atoms with van der Waals surface area (Å²) in [6, 6.07) is 3.93. The highest BCUT2D eigenvalue weighted by atomic mass is 35.5. The Bertz CT molecular complexity index is 493. The molecule has 7 heteroatoms. The zero-order valence-electron chi connectivity index (χ0n) is 11.2. The first-order valence-electron chi connectivity index (χ1n) is 6.27. The van der Waals surface area contributed by atoms with Crippen LogP contribution >= 0.6 is 11.6 Å². The molecule has 1 amide bonds. The van der Waals surface area contributed by atoms with E-state index >= 15 is 0 Å². The van der Waals surface area contributed by atoms with Crippen LogP contribution in [0.25, 0.3) is 0 Å². The molecule has 1 N–H and O–H groups in total. The number of carbonyl (C=O) groups excluding carboxylic acids is 1. The first kappa shape index (κ1) is 16.4. The van der Waals surface area contributed by atoms with Crippen molar-refractivity contribution in [3.63, 3.8) is 0 Å². The zero-order valence-corrected chi connectivity index (χ0v) is 12.0. The summed E-state index contributed by atoms with van der Waals surface area (Å²) < 4.78 is 0. The summed E-state index contributed by atoms with van der Waals surface area (Å²) in [5.41, 5.74) is -0.256. The number of hydrogen-bond donors (Lipinski definition) is 1. The Morgan fingerprint density at radius 3 is 2.70 bits per heavy atom. The number of rotatable bonds is 7. The number of carbonyl (C=O) groups is 1. The second kappa shape index (κ2) is 7.81. The van der Waals surface area contributed by atoms with E-state index in [2.05, 4.69) is 0 Å². The third-order valence-electron chi connectivity index (χ3n) is 2.88. The fraction of sp³-hybridized carbons (Fsp3) is 0.462. The number of aliphatic hydroxyl groups is 1. The highest BCUT2D eigenvalue weighted by Crippen LogP contribution is 2.24. The molecule has 1 aromatic rings. The number of nitrogens with zero attached hydrogens (tertiary/aromatic N) is 2. The first-order valence-corrected chi connectivity index (χ1v) is 6.65. The van der Waals surface area contributed by atoms with Crippen LogP contribution in [0.2, 0.25) is 5.02 Å².